The van der Waals surface area contributed by atoms with Gasteiger partial charge in [0.2, 0.25) is 10.0 Å². The molecule has 1 amide bonds. The third-order valence-electron chi connectivity index (χ3n) is 3.94. The molecule has 24 heavy (non-hydrogen) atoms. The normalized spacial score (nSPS) is 21.1. The van der Waals surface area contributed by atoms with Gasteiger partial charge in [0, 0.05) is 31.3 Å². The van der Waals surface area contributed by atoms with Crippen LogP contribution in [0.4, 0.5) is 5.69 Å². The summed E-state index contributed by atoms with van der Waals surface area (Å²) in [4.78, 5) is 11.4. The first kappa shape index (κ1) is 18.8. The number of carbonyl (C=O) groups is 1. The van der Waals surface area contributed by atoms with Crippen LogP contribution in [0.1, 0.15) is 12.8 Å². The monoisotopic (exact) mass is 377 g/mol. The van der Waals surface area contributed by atoms with Crippen molar-refractivity contribution in [1.82, 2.24) is 4.31 Å². The Hall–Kier alpha value is -1.55. The number of halogens is 1. The number of hydrogen-bond acceptors (Lipinski definition) is 6. The Balaban J connectivity index is 0.00000208. The number of carbonyl (C=O) groups excluding carboxylic acids is 1. The van der Waals surface area contributed by atoms with E-state index in [9.17, 15) is 13.2 Å². The van der Waals surface area contributed by atoms with Crippen molar-refractivity contribution in [2.45, 2.75) is 23.8 Å². The Morgan fingerprint density at radius 1 is 1.42 bits per heavy atom. The molecule has 3 rings (SSSR count). The summed E-state index contributed by atoms with van der Waals surface area (Å²) in [6.07, 6.45) is 1.53. The van der Waals surface area contributed by atoms with Crippen molar-refractivity contribution in [2.75, 3.05) is 32.1 Å². The number of anilines is 1. The van der Waals surface area contributed by atoms with Crippen molar-refractivity contribution in [3.63, 3.8) is 0 Å². The van der Waals surface area contributed by atoms with Crippen LogP contribution < -0.4 is 20.5 Å². The largest absolute Gasteiger partial charge is 0.495 e. The van der Waals surface area contributed by atoms with Crippen LogP contribution in [0.5, 0.6) is 11.5 Å². The molecule has 0 aliphatic carbocycles. The van der Waals surface area contributed by atoms with E-state index in [1.54, 1.807) is 0 Å². The summed E-state index contributed by atoms with van der Waals surface area (Å²) in [7, 11) is -2.37. The van der Waals surface area contributed by atoms with Gasteiger partial charge in [0.25, 0.3) is 5.91 Å². The number of fused-ring (bicyclic) bond motifs is 1. The summed E-state index contributed by atoms with van der Waals surface area (Å²) in [5, 5.41) is 2.63. The third-order valence-corrected chi connectivity index (χ3v) is 5.82. The quantitative estimate of drug-likeness (QED) is 0.796. The van der Waals surface area contributed by atoms with Gasteiger partial charge < -0.3 is 20.5 Å². The molecule has 8 nitrogen and oxygen atoms in total. The Morgan fingerprint density at radius 2 is 2.17 bits per heavy atom. The average molecular weight is 378 g/mol. The van der Waals surface area contributed by atoms with Crippen molar-refractivity contribution in [1.29, 1.82) is 0 Å². The lowest BCUT2D eigenvalue weighted by Gasteiger charge is -2.30. The predicted molar refractivity (Wildman–Crippen MR) is 90.3 cm³/mol. The molecular formula is C14H20ClN3O5S. The number of nitrogens with two attached hydrogens (primary N) is 1. The maximum absolute atomic E-state index is 12.9. The number of sulfonamides is 1. The van der Waals surface area contributed by atoms with Gasteiger partial charge in [-0.25, -0.2) is 8.42 Å². The molecule has 1 atom stereocenters. The second-order valence-electron chi connectivity index (χ2n) is 5.60. The highest BCUT2D eigenvalue weighted by atomic mass is 35.5. The zero-order valence-corrected chi connectivity index (χ0v) is 14.8. The van der Waals surface area contributed by atoms with Crippen LogP contribution in [0.2, 0.25) is 0 Å². The number of nitrogens with one attached hydrogen (secondary N) is 1. The Morgan fingerprint density at radius 3 is 2.83 bits per heavy atom. The first-order valence-corrected chi connectivity index (χ1v) is 8.76. The van der Waals surface area contributed by atoms with E-state index in [0.717, 1.165) is 12.8 Å². The zero-order chi connectivity index (χ0) is 16.6. The molecule has 2 aliphatic heterocycles. The minimum atomic E-state index is -3.75. The lowest BCUT2D eigenvalue weighted by Crippen LogP contribution is -2.45. The smallest absolute Gasteiger partial charge is 0.262 e. The molecule has 0 spiro atoms. The van der Waals surface area contributed by atoms with Crippen LogP contribution in [0, 0.1) is 0 Å². The second-order valence-corrected chi connectivity index (χ2v) is 7.51. The molecule has 0 unspecified atom stereocenters. The fourth-order valence-electron chi connectivity index (χ4n) is 2.78. The molecule has 1 aromatic rings. The Labute approximate surface area is 146 Å². The van der Waals surface area contributed by atoms with Gasteiger partial charge in [-0.1, -0.05) is 0 Å². The van der Waals surface area contributed by atoms with Gasteiger partial charge in [-0.05, 0) is 12.8 Å². The van der Waals surface area contributed by atoms with Crippen molar-refractivity contribution >= 4 is 34.0 Å². The maximum atomic E-state index is 12.9. The van der Waals surface area contributed by atoms with E-state index in [-0.39, 0.29) is 48.2 Å². The average Bonchev–Trinajstić information content (AvgIpc) is 2.53. The van der Waals surface area contributed by atoms with Crippen LogP contribution in [-0.4, -0.2) is 51.5 Å². The van der Waals surface area contributed by atoms with E-state index < -0.39 is 10.0 Å². The summed E-state index contributed by atoms with van der Waals surface area (Å²) in [5.74, 6) is 0.177. The minimum Gasteiger partial charge on any atom is -0.495 e. The number of nitrogens with zero attached hydrogens (tertiary/aromatic N) is 1. The van der Waals surface area contributed by atoms with Gasteiger partial charge in [-0.3, -0.25) is 4.79 Å². The molecule has 1 saturated heterocycles. The summed E-state index contributed by atoms with van der Waals surface area (Å²) in [5.41, 5.74) is 6.28. The highest BCUT2D eigenvalue weighted by molar-refractivity contribution is 7.89. The number of hydrogen-bond donors (Lipinski definition) is 2. The van der Waals surface area contributed by atoms with Crippen molar-refractivity contribution < 1.29 is 22.7 Å². The Kier molecular flexibility index (Phi) is 5.59. The van der Waals surface area contributed by atoms with E-state index >= 15 is 0 Å². The van der Waals surface area contributed by atoms with Crippen molar-refractivity contribution in [3.8, 4) is 11.5 Å². The van der Waals surface area contributed by atoms with Gasteiger partial charge in [-0.15, -0.1) is 12.4 Å². The number of rotatable bonds is 3. The molecule has 10 heteroatoms. The Bertz CT molecular complexity index is 740. The van der Waals surface area contributed by atoms with E-state index in [1.807, 2.05) is 0 Å². The third kappa shape index (κ3) is 3.44. The SMILES string of the molecule is COc1cc2c(cc1S(=O)(=O)N1CCC[C@@H](N)C1)OCC(=O)N2.Cl. The zero-order valence-electron chi connectivity index (χ0n) is 13.1. The van der Waals surface area contributed by atoms with E-state index in [0.29, 0.717) is 18.0 Å². The highest BCUT2D eigenvalue weighted by Crippen LogP contribution is 2.38. The number of methoxy groups -OCH3 is 1. The highest BCUT2D eigenvalue weighted by Gasteiger charge is 2.33. The van der Waals surface area contributed by atoms with Crippen LogP contribution in [0.3, 0.4) is 0 Å². The lowest BCUT2D eigenvalue weighted by molar-refractivity contribution is -0.118. The standard InChI is InChI=1S/C14H19N3O5S.ClH/c1-21-12-5-10-11(22-8-14(18)16-10)6-13(12)23(19,20)17-4-2-3-9(15)7-17;/h5-6,9H,2-4,7-8,15H2,1H3,(H,16,18);1H/t9-;/m1./s1. The molecule has 3 N–H and O–H groups in total. The molecular weight excluding hydrogens is 358 g/mol. The summed E-state index contributed by atoms with van der Waals surface area (Å²) >= 11 is 0. The molecule has 134 valence electrons. The molecule has 1 fully saturated rings. The van der Waals surface area contributed by atoms with Crippen LogP contribution in [0.25, 0.3) is 0 Å². The van der Waals surface area contributed by atoms with Crippen molar-refractivity contribution in [2.24, 2.45) is 5.73 Å². The fraction of sp³-hybridized carbons (Fsp3) is 0.500. The van der Waals surface area contributed by atoms with Crippen LogP contribution in [-0.2, 0) is 14.8 Å². The van der Waals surface area contributed by atoms with Gasteiger partial charge in [0.15, 0.2) is 6.61 Å². The molecule has 0 aromatic heterocycles. The van der Waals surface area contributed by atoms with Gasteiger partial charge in [-0.2, -0.15) is 4.31 Å². The number of amides is 1. The molecule has 2 heterocycles. The van der Waals surface area contributed by atoms with E-state index in [4.69, 9.17) is 15.2 Å². The van der Waals surface area contributed by atoms with Gasteiger partial charge in [0.05, 0.1) is 12.8 Å². The summed E-state index contributed by atoms with van der Waals surface area (Å²) in [6, 6.07) is 2.68. The summed E-state index contributed by atoms with van der Waals surface area (Å²) in [6.45, 7) is 0.557. The number of benzene rings is 1. The molecule has 2 aliphatic rings. The first-order chi connectivity index (χ1) is 10.9. The summed E-state index contributed by atoms with van der Waals surface area (Å²) < 4.78 is 37.7. The van der Waals surface area contributed by atoms with E-state index in [2.05, 4.69) is 5.32 Å². The van der Waals surface area contributed by atoms with Gasteiger partial charge >= 0.3 is 0 Å². The van der Waals surface area contributed by atoms with Crippen molar-refractivity contribution in [3.05, 3.63) is 12.1 Å². The van der Waals surface area contributed by atoms with Gasteiger partial charge in [0.1, 0.15) is 16.4 Å². The molecule has 1 aromatic carbocycles. The predicted octanol–water partition coefficient (Wildman–Crippen LogP) is 0.560. The molecule has 0 saturated carbocycles. The maximum Gasteiger partial charge on any atom is 0.262 e. The molecule has 0 bridgehead atoms. The minimum absolute atomic E-state index is 0. The number of piperidine rings is 1. The first-order valence-electron chi connectivity index (χ1n) is 7.32. The number of ether oxygens (including phenoxy) is 2. The van der Waals surface area contributed by atoms with Crippen LogP contribution >= 0.6 is 12.4 Å². The fourth-order valence-corrected chi connectivity index (χ4v) is 4.47. The topological polar surface area (TPSA) is 111 Å². The second kappa shape index (κ2) is 7.14. The van der Waals surface area contributed by atoms with E-state index in [1.165, 1.54) is 23.5 Å². The lowest BCUT2D eigenvalue weighted by atomic mass is 10.1. The molecule has 0 radical (unpaired) electrons. The van der Waals surface area contributed by atoms with Crippen LogP contribution in [0.15, 0.2) is 17.0 Å².